The predicted octanol–water partition coefficient (Wildman–Crippen LogP) is 3.59. The van der Waals surface area contributed by atoms with E-state index in [1.54, 1.807) is 37.4 Å². The van der Waals surface area contributed by atoms with E-state index >= 15 is 0 Å². The fourth-order valence-corrected chi connectivity index (χ4v) is 2.87. The number of carbonyl (C=O) groups is 2. The zero-order valence-electron chi connectivity index (χ0n) is 14.9. The van der Waals surface area contributed by atoms with Crippen LogP contribution in [-0.4, -0.2) is 31.7 Å². The van der Waals surface area contributed by atoms with Gasteiger partial charge in [-0.1, -0.05) is 15.9 Å². The number of carbonyl (C=O) groups excluding carboxylic acids is 2. The lowest BCUT2D eigenvalue weighted by Gasteiger charge is -2.23. The molecule has 8 heteroatoms. The topological polar surface area (TPSA) is 80.2 Å². The average molecular weight is 432 g/mol. The number of methoxy groups -OCH3 is 2. The zero-order chi connectivity index (χ0) is 19.4. The molecule has 0 bridgehead atoms. The van der Waals surface area contributed by atoms with Crippen molar-refractivity contribution in [2.45, 2.75) is 12.8 Å². The Morgan fingerprint density at radius 3 is 2.52 bits per heavy atom. The summed E-state index contributed by atoms with van der Waals surface area (Å²) >= 11 is 3.36. The van der Waals surface area contributed by atoms with Gasteiger partial charge in [0, 0.05) is 23.4 Å². The molecule has 0 aliphatic carbocycles. The number of nitrogens with zero attached hydrogens (tertiary/aromatic N) is 2. The van der Waals surface area contributed by atoms with Crippen molar-refractivity contribution >= 4 is 44.8 Å². The van der Waals surface area contributed by atoms with Crippen LogP contribution in [0.25, 0.3) is 0 Å². The second-order valence-electron chi connectivity index (χ2n) is 5.75. The van der Waals surface area contributed by atoms with Gasteiger partial charge in [-0.05, 0) is 36.4 Å². The minimum atomic E-state index is -0.392. The average Bonchev–Trinajstić information content (AvgIpc) is 2.69. The SMILES string of the molecule is COc1ccc(OC)c(NC(=O)C2=NN(c3ccc(Br)cc3)C(=O)CC2)c1. The second-order valence-corrected chi connectivity index (χ2v) is 6.66. The summed E-state index contributed by atoms with van der Waals surface area (Å²) in [6.45, 7) is 0. The molecule has 0 unspecified atom stereocenters. The van der Waals surface area contributed by atoms with Crippen molar-refractivity contribution in [3.63, 3.8) is 0 Å². The maximum atomic E-state index is 12.7. The predicted molar refractivity (Wildman–Crippen MR) is 106 cm³/mol. The summed E-state index contributed by atoms with van der Waals surface area (Å²) in [7, 11) is 3.06. The van der Waals surface area contributed by atoms with Crippen molar-refractivity contribution < 1.29 is 19.1 Å². The lowest BCUT2D eigenvalue weighted by Crippen LogP contribution is -2.36. The number of benzene rings is 2. The van der Waals surface area contributed by atoms with Gasteiger partial charge in [0.05, 0.1) is 25.6 Å². The Hall–Kier alpha value is -2.87. The van der Waals surface area contributed by atoms with E-state index in [0.29, 0.717) is 22.9 Å². The number of rotatable bonds is 5. The third-order valence-corrected chi connectivity index (χ3v) is 4.55. The highest BCUT2D eigenvalue weighted by Crippen LogP contribution is 2.29. The molecule has 0 saturated heterocycles. The van der Waals surface area contributed by atoms with Crippen LogP contribution in [0.1, 0.15) is 12.8 Å². The third-order valence-electron chi connectivity index (χ3n) is 4.02. The van der Waals surface area contributed by atoms with Gasteiger partial charge in [0.2, 0.25) is 5.91 Å². The second kappa shape index (κ2) is 8.22. The number of hydrogen-bond acceptors (Lipinski definition) is 5. The molecular formula is C19H18BrN3O4. The first-order valence-corrected chi connectivity index (χ1v) is 9.00. The number of hydrazone groups is 1. The van der Waals surface area contributed by atoms with E-state index in [1.807, 2.05) is 12.1 Å². The highest BCUT2D eigenvalue weighted by molar-refractivity contribution is 9.10. The van der Waals surface area contributed by atoms with Crippen molar-refractivity contribution in [3.05, 3.63) is 46.9 Å². The van der Waals surface area contributed by atoms with E-state index in [0.717, 1.165) is 4.47 Å². The van der Waals surface area contributed by atoms with Gasteiger partial charge in [0.15, 0.2) is 0 Å². The summed E-state index contributed by atoms with van der Waals surface area (Å²) in [5.74, 6) is 0.536. The number of ether oxygens (including phenoxy) is 2. The molecule has 0 saturated carbocycles. The molecule has 0 fully saturated rings. The minimum absolute atomic E-state index is 0.159. The Labute approximate surface area is 165 Å². The van der Waals surface area contributed by atoms with Gasteiger partial charge in [-0.15, -0.1) is 0 Å². The molecule has 140 valence electrons. The van der Waals surface area contributed by atoms with E-state index in [2.05, 4.69) is 26.3 Å². The van der Waals surface area contributed by atoms with Crippen LogP contribution in [0.2, 0.25) is 0 Å². The monoisotopic (exact) mass is 431 g/mol. The fourth-order valence-electron chi connectivity index (χ4n) is 2.61. The molecule has 27 heavy (non-hydrogen) atoms. The van der Waals surface area contributed by atoms with Crippen molar-refractivity contribution in [2.24, 2.45) is 5.10 Å². The van der Waals surface area contributed by atoms with Crippen molar-refractivity contribution in [2.75, 3.05) is 24.5 Å². The van der Waals surface area contributed by atoms with E-state index < -0.39 is 5.91 Å². The first kappa shape index (κ1) is 18.9. The molecule has 0 atom stereocenters. The number of amides is 2. The van der Waals surface area contributed by atoms with Crippen molar-refractivity contribution in [3.8, 4) is 11.5 Å². The fraction of sp³-hybridized carbons (Fsp3) is 0.211. The molecule has 1 aliphatic heterocycles. The quantitative estimate of drug-likeness (QED) is 0.783. The molecule has 0 spiro atoms. The van der Waals surface area contributed by atoms with E-state index in [1.165, 1.54) is 12.1 Å². The van der Waals surface area contributed by atoms with Crippen LogP contribution in [0.4, 0.5) is 11.4 Å². The Morgan fingerprint density at radius 1 is 1.11 bits per heavy atom. The number of nitrogens with one attached hydrogen (secondary N) is 1. The molecule has 2 aromatic carbocycles. The van der Waals surface area contributed by atoms with Crippen LogP contribution < -0.4 is 19.8 Å². The summed E-state index contributed by atoms with van der Waals surface area (Å²) in [6.07, 6.45) is 0.474. The largest absolute Gasteiger partial charge is 0.497 e. The number of anilines is 2. The van der Waals surface area contributed by atoms with Crippen LogP contribution >= 0.6 is 15.9 Å². The lowest BCUT2D eigenvalue weighted by atomic mass is 10.1. The standard InChI is InChI=1S/C19H18BrN3O4/c1-26-14-7-9-17(27-2)16(11-14)21-19(25)15-8-10-18(24)23(22-15)13-5-3-12(20)4-6-13/h3-7,9,11H,8,10H2,1-2H3,(H,21,25). The highest BCUT2D eigenvalue weighted by atomic mass is 79.9. The number of halogens is 1. The minimum Gasteiger partial charge on any atom is -0.497 e. The molecule has 1 aliphatic rings. The molecular weight excluding hydrogens is 414 g/mol. The van der Waals surface area contributed by atoms with Crippen LogP contribution in [0, 0.1) is 0 Å². The lowest BCUT2D eigenvalue weighted by molar-refractivity contribution is -0.118. The van der Waals surface area contributed by atoms with Crippen molar-refractivity contribution in [1.29, 1.82) is 0 Å². The molecule has 2 aromatic rings. The van der Waals surface area contributed by atoms with Gasteiger partial charge in [0.1, 0.15) is 17.2 Å². The van der Waals surface area contributed by atoms with Crippen LogP contribution in [-0.2, 0) is 9.59 Å². The van der Waals surface area contributed by atoms with E-state index in [-0.39, 0.29) is 24.5 Å². The van der Waals surface area contributed by atoms with Crippen LogP contribution in [0.15, 0.2) is 52.0 Å². The Bertz CT molecular complexity index is 896. The van der Waals surface area contributed by atoms with Gasteiger partial charge in [-0.25, -0.2) is 5.01 Å². The summed E-state index contributed by atoms with van der Waals surface area (Å²) in [5, 5.41) is 8.30. The smallest absolute Gasteiger partial charge is 0.271 e. The first-order chi connectivity index (χ1) is 13.0. The third kappa shape index (κ3) is 4.28. The van der Waals surface area contributed by atoms with Gasteiger partial charge < -0.3 is 14.8 Å². The molecule has 3 rings (SSSR count). The maximum absolute atomic E-state index is 12.7. The summed E-state index contributed by atoms with van der Waals surface area (Å²) in [4.78, 5) is 24.9. The number of hydrogen-bond donors (Lipinski definition) is 1. The summed E-state index contributed by atoms with van der Waals surface area (Å²) < 4.78 is 11.4. The molecule has 2 amide bonds. The maximum Gasteiger partial charge on any atom is 0.271 e. The molecule has 0 aromatic heterocycles. The summed E-state index contributed by atoms with van der Waals surface area (Å²) in [5.41, 5.74) is 1.34. The Kier molecular flexibility index (Phi) is 5.75. The molecule has 7 nitrogen and oxygen atoms in total. The van der Waals surface area contributed by atoms with Gasteiger partial charge >= 0.3 is 0 Å². The normalized spacial score (nSPS) is 13.8. The van der Waals surface area contributed by atoms with Crippen LogP contribution in [0.5, 0.6) is 11.5 Å². The van der Waals surface area contributed by atoms with Gasteiger partial charge in [0.25, 0.3) is 5.91 Å². The first-order valence-electron chi connectivity index (χ1n) is 8.21. The van der Waals surface area contributed by atoms with E-state index in [9.17, 15) is 9.59 Å². The molecule has 1 N–H and O–H groups in total. The Balaban J connectivity index is 1.85. The molecule has 0 radical (unpaired) electrons. The van der Waals surface area contributed by atoms with Crippen LogP contribution in [0.3, 0.4) is 0 Å². The molecule has 1 heterocycles. The summed E-state index contributed by atoms with van der Waals surface area (Å²) in [6, 6.07) is 12.3. The van der Waals surface area contributed by atoms with E-state index in [4.69, 9.17) is 9.47 Å². The highest BCUT2D eigenvalue weighted by Gasteiger charge is 2.26. The zero-order valence-corrected chi connectivity index (χ0v) is 16.4. The van der Waals surface area contributed by atoms with Crippen molar-refractivity contribution in [1.82, 2.24) is 0 Å². The van der Waals surface area contributed by atoms with Gasteiger partial charge in [-0.2, -0.15) is 5.10 Å². The Morgan fingerprint density at radius 2 is 1.85 bits per heavy atom. The van der Waals surface area contributed by atoms with Gasteiger partial charge in [-0.3, -0.25) is 9.59 Å².